The number of rotatable bonds is 7. The molecule has 2 aromatic rings. The monoisotopic (exact) mass is 346 g/mol. The van der Waals surface area contributed by atoms with Gasteiger partial charge in [-0.1, -0.05) is 19.9 Å². The van der Waals surface area contributed by atoms with Crippen LogP contribution in [-0.4, -0.2) is 24.6 Å². The van der Waals surface area contributed by atoms with Crippen molar-refractivity contribution in [3.8, 4) is 11.5 Å². The predicted molar refractivity (Wildman–Crippen MR) is 97.8 cm³/mol. The Morgan fingerprint density at radius 1 is 1.38 bits per heavy atom. The number of carbonyl (C=O) groups is 1. The van der Waals surface area contributed by atoms with Gasteiger partial charge in [-0.15, -0.1) is 11.3 Å². The Kier molecular flexibility index (Phi) is 6.37. The van der Waals surface area contributed by atoms with Gasteiger partial charge in [0.1, 0.15) is 0 Å². The summed E-state index contributed by atoms with van der Waals surface area (Å²) in [4.78, 5) is 17.1. The molecule has 0 aliphatic carbocycles. The third-order valence-electron chi connectivity index (χ3n) is 3.04. The Bertz CT molecular complexity index is 723. The van der Waals surface area contributed by atoms with Crippen LogP contribution in [0.4, 0.5) is 5.13 Å². The molecule has 0 saturated carbocycles. The summed E-state index contributed by atoms with van der Waals surface area (Å²) in [6.45, 7) is 6.75. The van der Waals surface area contributed by atoms with Gasteiger partial charge in [-0.05, 0) is 36.6 Å². The number of hydrogen-bond donors (Lipinski definition) is 1. The van der Waals surface area contributed by atoms with E-state index in [1.807, 2.05) is 25.1 Å². The van der Waals surface area contributed by atoms with Crippen molar-refractivity contribution in [3.05, 3.63) is 40.9 Å². The summed E-state index contributed by atoms with van der Waals surface area (Å²) in [6, 6.07) is 5.57. The molecule has 0 fully saturated rings. The molecule has 0 atom stereocenters. The first kappa shape index (κ1) is 18.0. The van der Waals surface area contributed by atoms with Crippen molar-refractivity contribution >= 4 is 28.5 Å². The molecule has 2 rings (SSSR count). The molecule has 1 amide bonds. The van der Waals surface area contributed by atoms with E-state index in [1.165, 1.54) is 17.4 Å². The van der Waals surface area contributed by atoms with E-state index in [9.17, 15) is 4.79 Å². The number of benzene rings is 1. The normalized spacial score (nSPS) is 11.0. The van der Waals surface area contributed by atoms with E-state index >= 15 is 0 Å². The highest BCUT2D eigenvalue weighted by atomic mass is 32.1. The minimum Gasteiger partial charge on any atom is -0.493 e. The second-order valence-electron chi connectivity index (χ2n) is 5.71. The molecule has 0 radical (unpaired) electrons. The number of nitrogens with zero attached hydrogens (tertiary/aromatic N) is 1. The number of amides is 1. The minimum atomic E-state index is -0.219. The quantitative estimate of drug-likeness (QED) is 0.765. The number of anilines is 1. The topological polar surface area (TPSA) is 60.5 Å². The molecule has 128 valence electrons. The number of ether oxygens (including phenoxy) is 2. The highest BCUT2D eigenvalue weighted by Crippen LogP contribution is 2.29. The van der Waals surface area contributed by atoms with Gasteiger partial charge in [-0.3, -0.25) is 10.1 Å². The van der Waals surface area contributed by atoms with Gasteiger partial charge in [0.05, 0.1) is 13.7 Å². The van der Waals surface area contributed by atoms with Gasteiger partial charge >= 0.3 is 0 Å². The molecular formula is C18H22N2O3S. The zero-order valence-corrected chi connectivity index (χ0v) is 15.1. The average molecular weight is 346 g/mol. The molecule has 0 saturated heterocycles. The molecule has 1 heterocycles. The number of carbonyl (C=O) groups excluding carboxylic acids is 1. The van der Waals surface area contributed by atoms with Gasteiger partial charge in [0.15, 0.2) is 16.6 Å². The average Bonchev–Trinajstić information content (AvgIpc) is 2.96. The summed E-state index contributed by atoms with van der Waals surface area (Å²) in [5.41, 5.74) is 0.856. The van der Waals surface area contributed by atoms with E-state index in [-0.39, 0.29) is 5.91 Å². The van der Waals surface area contributed by atoms with Gasteiger partial charge in [-0.2, -0.15) is 0 Å². The third-order valence-corrected chi connectivity index (χ3v) is 3.87. The third kappa shape index (κ3) is 5.38. The fourth-order valence-corrected chi connectivity index (χ4v) is 2.56. The van der Waals surface area contributed by atoms with E-state index < -0.39 is 0 Å². The van der Waals surface area contributed by atoms with Crippen LogP contribution in [0, 0.1) is 12.8 Å². The molecule has 1 aromatic heterocycles. The number of aromatic nitrogens is 1. The molecule has 0 aliphatic rings. The molecule has 1 N–H and O–H groups in total. The van der Waals surface area contributed by atoms with Crippen LogP contribution in [-0.2, 0) is 4.79 Å². The first-order valence-corrected chi connectivity index (χ1v) is 8.52. The van der Waals surface area contributed by atoms with Gasteiger partial charge in [0.2, 0.25) is 5.91 Å². The van der Waals surface area contributed by atoms with Crippen LogP contribution >= 0.6 is 11.3 Å². The van der Waals surface area contributed by atoms with Crippen molar-refractivity contribution in [2.75, 3.05) is 19.0 Å². The Labute approximate surface area is 146 Å². The molecule has 0 bridgehead atoms. The summed E-state index contributed by atoms with van der Waals surface area (Å²) in [5, 5.41) is 3.33. The molecule has 0 spiro atoms. The number of thiazole rings is 1. The van der Waals surface area contributed by atoms with E-state index in [1.54, 1.807) is 19.4 Å². The second kappa shape index (κ2) is 8.49. The highest BCUT2D eigenvalue weighted by molar-refractivity contribution is 7.15. The first-order valence-electron chi connectivity index (χ1n) is 7.70. The van der Waals surface area contributed by atoms with Crippen molar-refractivity contribution in [2.24, 2.45) is 5.92 Å². The lowest BCUT2D eigenvalue weighted by Crippen LogP contribution is -2.07. The lowest BCUT2D eigenvalue weighted by Gasteiger charge is -2.12. The zero-order valence-electron chi connectivity index (χ0n) is 14.3. The Hall–Kier alpha value is -2.34. The predicted octanol–water partition coefficient (Wildman–Crippen LogP) is 4.15. The van der Waals surface area contributed by atoms with E-state index in [2.05, 4.69) is 24.1 Å². The summed E-state index contributed by atoms with van der Waals surface area (Å²) < 4.78 is 11.1. The van der Waals surface area contributed by atoms with Crippen LogP contribution < -0.4 is 14.8 Å². The van der Waals surface area contributed by atoms with Crippen LogP contribution in [0.2, 0.25) is 0 Å². The molecule has 1 aromatic carbocycles. The van der Waals surface area contributed by atoms with Gasteiger partial charge < -0.3 is 9.47 Å². The molecule has 6 heteroatoms. The van der Waals surface area contributed by atoms with Gasteiger partial charge in [0, 0.05) is 17.2 Å². The van der Waals surface area contributed by atoms with Crippen molar-refractivity contribution in [1.29, 1.82) is 0 Å². The Morgan fingerprint density at radius 3 is 2.79 bits per heavy atom. The SMILES string of the molecule is COc1cc(C=CC(=O)Nc2ncc(C)s2)ccc1OCC(C)C. The van der Waals surface area contributed by atoms with Crippen LogP contribution in [0.25, 0.3) is 6.08 Å². The fraction of sp³-hybridized carbons (Fsp3) is 0.333. The van der Waals surface area contributed by atoms with Crippen molar-refractivity contribution in [2.45, 2.75) is 20.8 Å². The van der Waals surface area contributed by atoms with Crippen LogP contribution in [0.3, 0.4) is 0 Å². The maximum atomic E-state index is 11.9. The van der Waals surface area contributed by atoms with Crippen molar-refractivity contribution in [3.63, 3.8) is 0 Å². The number of methoxy groups -OCH3 is 1. The Morgan fingerprint density at radius 2 is 2.17 bits per heavy atom. The molecular weight excluding hydrogens is 324 g/mol. The molecule has 0 unspecified atom stereocenters. The maximum Gasteiger partial charge on any atom is 0.250 e. The van der Waals surface area contributed by atoms with Gasteiger partial charge in [-0.25, -0.2) is 4.98 Å². The number of nitrogens with one attached hydrogen (secondary N) is 1. The van der Waals surface area contributed by atoms with Crippen LogP contribution in [0.15, 0.2) is 30.5 Å². The lowest BCUT2D eigenvalue weighted by atomic mass is 10.2. The second-order valence-corrected chi connectivity index (χ2v) is 6.95. The minimum absolute atomic E-state index is 0.219. The van der Waals surface area contributed by atoms with Crippen LogP contribution in [0.5, 0.6) is 11.5 Å². The Balaban J connectivity index is 2.02. The van der Waals surface area contributed by atoms with Crippen molar-refractivity contribution in [1.82, 2.24) is 4.98 Å². The van der Waals surface area contributed by atoms with Crippen LogP contribution in [0.1, 0.15) is 24.3 Å². The van der Waals surface area contributed by atoms with E-state index in [0.29, 0.717) is 29.2 Å². The molecule has 5 nitrogen and oxygen atoms in total. The first-order chi connectivity index (χ1) is 11.5. The molecule has 24 heavy (non-hydrogen) atoms. The summed E-state index contributed by atoms with van der Waals surface area (Å²) in [7, 11) is 1.60. The summed E-state index contributed by atoms with van der Waals surface area (Å²) in [5.74, 6) is 1.57. The highest BCUT2D eigenvalue weighted by Gasteiger charge is 2.06. The number of hydrogen-bond acceptors (Lipinski definition) is 5. The van der Waals surface area contributed by atoms with E-state index in [4.69, 9.17) is 9.47 Å². The lowest BCUT2D eigenvalue weighted by molar-refractivity contribution is -0.111. The van der Waals surface area contributed by atoms with Crippen molar-refractivity contribution < 1.29 is 14.3 Å². The van der Waals surface area contributed by atoms with E-state index in [0.717, 1.165) is 10.4 Å². The molecule has 0 aliphatic heterocycles. The smallest absolute Gasteiger partial charge is 0.250 e. The summed E-state index contributed by atoms with van der Waals surface area (Å²) >= 11 is 1.44. The standard InChI is InChI=1S/C18H22N2O3S/c1-12(2)11-23-15-7-5-14(9-16(15)22-4)6-8-17(21)20-18-19-10-13(3)24-18/h5-10,12H,11H2,1-4H3,(H,19,20,21). The maximum absolute atomic E-state index is 11.9. The fourth-order valence-electron chi connectivity index (χ4n) is 1.90. The number of aryl methyl sites for hydroxylation is 1. The summed E-state index contributed by atoms with van der Waals surface area (Å²) in [6.07, 6.45) is 4.93. The van der Waals surface area contributed by atoms with Gasteiger partial charge in [0.25, 0.3) is 0 Å². The largest absolute Gasteiger partial charge is 0.493 e. The zero-order chi connectivity index (χ0) is 17.5.